The molecule has 0 unspecified atom stereocenters. The number of halogens is 1. The van der Waals surface area contributed by atoms with Crippen molar-refractivity contribution in [3.05, 3.63) is 70.0 Å². The van der Waals surface area contributed by atoms with Crippen LogP contribution in [0.1, 0.15) is 22.5 Å². The molecule has 0 saturated heterocycles. The molecule has 3 aromatic rings. The van der Waals surface area contributed by atoms with E-state index in [1.807, 2.05) is 67.9 Å². The van der Waals surface area contributed by atoms with E-state index in [9.17, 15) is 0 Å². The third kappa shape index (κ3) is 3.91. The lowest BCUT2D eigenvalue weighted by atomic mass is 10.2. The Labute approximate surface area is 164 Å². The van der Waals surface area contributed by atoms with Crippen LogP contribution in [0.5, 0.6) is 5.75 Å². The molecule has 1 heterocycles. The first kappa shape index (κ1) is 18.8. The first-order valence-corrected chi connectivity index (χ1v) is 8.94. The lowest BCUT2D eigenvalue weighted by Crippen LogP contribution is -2.08. The van der Waals surface area contributed by atoms with Crippen molar-refractivity contribution in [3.8, 4) is 17.5 Å². The molecule has 0 bridgehead atoms. The molecular weight excluding hydrogens is 360 g/mol. The topological polar surface area (TPSA) is 54.1 Å². The molecule has 0 radical (unpaired) electrons. The Bertz CT molecular complexity index is 1020. The smallest absolute Gasteiger partial charge is 0.121 e. The number of anilines is 1. The van der Waals surface area contributed by atoms with E-state index in [-0.39, 0.29) is 0 Å². The van der Waals surface area contributed by atoms with Gasteiger partial charge >= 0.3 is 0 Å². The fourth-order valence-electron chi connectivity index (χ4n) is 2.87. The third-order valence-corrected chi connectivity index (χ3v) is 4.79. The molecule has 1 aromatic heterocycles. The number of hydrogen-bond acceptors (Lipinski definition) is 4. The van der Waals surface area contributed by atoms with E-state index in [1.54, 1.807) is 12.1 Å². The highest BCUT2D eigenvalue weighted by molar-refractivity contribution is 6.31. The molecule has 3 rings (SSSR count). The summed E-state index contributed by atoms with van der Waals surface area (Å²) in [4.78, 5) is 2.04. The molecular formula is C21H21ClN4O. The maximum absolute atomic E-state index is 9.04. The van der Waals surface area contributed by atoms with Crippen molar-refractivity contribution in [3.63, 3.8) is 0 Å². The monoisotopic (exact) mass is 380 g/mol. The number of rotatable bonds is 5. The number of aromatic nitrogens is 2. The van der Waals surface area contributed by atoms with Gasteiger partial charge in [-0.2, -0.15) is 10.4 Å². The van der Waals surface area contributed by atoms with Gasteiger partial charge in [0.05, 0.1) is 22.0 Å². The van der Waals surface area contributed by atoms with Crippen molar-refractivity contribution < 1.29 is 4.74 Å². The van der Waals surface area contributed by atoms with Gasteiger partial charge in [-0.1, -0.05) is 17.7 Å². The van der Waals surface area contributed by atoms with Crippen LogP contribution in [0, 0.1) is 25.2 Å². The minimum atomic E-state index is 0.417. The number of ether oxygens (including phenoxy) is 1. The van der Waals surface area contributed by atoms with E-state index in [2.05, 4.69) is 11.2 Å². The third-order valence-electron chi connectivity index (χ3n) is 4.48. The molecule has 0 aliphatic carbocycles. The minimum absolute atomic E-state index is 0.417. The average molecular weight is 381 g/mol. The van der Waals surface area contributed by atoms with E-state index in [0.717, 1.165) is 34.1 Å². The molecule has 0 aliphatic rings. The van der Waals surface area contributed by atoms with Gasteiger partial charge in [0.15, 0.2) is 0 Å². The lowest BCUT2D eigenvalue weighted by Gasteiger charge is -2.14. The predicted octanol–water partition coefficient (Wildman–Crippen LogP) is 4.66. The molecule has 2 aromatic carbocycles. The second-order valence-corrected chi connectivity index (χ2v) is 6.92. The predicted molar refractivity (Wildman–Crippen MR) is 108 cm³/mol. The molecule has 0 amide bonds. The van der Waals surface area contributed by atoms with Gasteiger partial charge in [-0.05, 0) is 44.2 Å². The summed E-state index contributed by atoms with van der Waals surface area (Å²) in [6.07, 6.45) is 0. The molecule has 138 valence electrons. The van der Waals surface area contributed by atoms with Crippen LogP contribution in [0.2, 0.25) is 5.02 Å². The Hall–Kier alpha value is -2.97. The largest absolute Gasteiger partial charge is 0.489 e. The van der Waals surface area contributed by atoms with Gasteiger partial charge in [0.25, 0.3) is 0 Å². The molecule has 0 atom stereocenters. The summed E-state index contributed by atoms with van der Waals surface area (Å²) in [5.74, 6) is 0.814. The van der Waals surface area contributed by atoms with E-state index in [0.29, 0.717) is 17.2 Å². The average Bonchev–Trinajstić information content (AvgIpc) is 2.94. The van der Waals surface area contributed by atoms with E-state index >= 15 is 0 Å². The highest BCUT2D eigenvalue weighted by atomic mass is 35.5. The molecule has 27 heavy (non-hydrogen) atoms. The summed E-state index contributed by atoms with van der Waals surface area (Å²) in [6.45, 7) is 4.39. The zero-order valence-corrected chi connectivity index (χ0v) is 16.6. The fraction of sp³-hybridized carbons (Fsp3) is 0.238. The first-order chi connectivity index (χ1) is 12.9. The Kier molecular flexibility index (Phi) is 5.38. The van der Waals surface area contributed by atoms with Gasteiger partial charge in [0.1, 0.15) is 18.4 Å². The van der Waals surface area contributed by atoms with Gasteiger partial charge in [-0.25, -0.2) is 4.68 Å². The standard InChI is InChI=1S/C21H21ClN4O/c1-14-20(13-27-19-7-5-6-17(10-19)25(3)4)15(2)26(24-14)18-9-8-16(12-23)21(22)11-18/h5-11H,13H2,1-4H3. The Morgan fingerprint density at radius 2 is 1.96 bits per heavy atom. The van der Waals surface area contributed by atoms with Crippen LogP contribution < -0.4 is 9.64 Å². The van der Waals surface area contributed by atoms with Crippen LogP contribution in [0.4, 0.5) is 5.69 Å². The van der Waals surface area contributed by atoms with Crippen molar-refractivity contribution in [2.45, 2.75) is 20.5 Å². The van der Waals surface area contributed by atoms with E-state index < -0.39 is 0 Å². The van der Waals surface area contributed by atoms with Crippen LogP contribution in [0.25, 0.3) is 5.69 Å². The maximum Gasteiger partial charge on any atom is 0.121 e. The molecule has 6 heteroatoms. The van der Waals surface area contributed by atoms with Crippen molar-refractivity contribution in [2.75, 3.05) is 19.0 Å². The van der Waals surface area contributed by atoms with Crippen LogP contribution in [-0.4, -0.2) is 23.9 Å². The number of nitrogens with zero attached hydrogens (tertiary/aromatic N) is 4. The molecule has 0 N–H and O–H groups in total. The van der Waals surface area contributed by atoms with Gasteiger partial charge in [-0.3, -0.25) is 0 Å². The van der Waals surface area contributed by atoms with Crippen LogP contribution >= 0.6 is 11.6 Å². The Morgan fingerprint density at radius 3 is 2.63 bits per heavy atom. The summed E-state index contributed by atoms with van der Waals surface area (Å²) < 4.78 is 7.84. The van der Waals surface area contributed by atoms with E-state index in [4.69, 9.17) is 21.6 Å². The molecule has 0 spiro atoms. The summed E-state index contributed by atoms with van der Waals surface area (Å²) >= 11 is 6.17. The van der Waals surface area contributed by atoms with Crippen molar-refractivity contribution in [1.82, 2.24) is 9.78 Å². The Morgan fingerprint density at radius 1 is 1.19 bits per heavy atom. The van der Waals surface area contributed by atoms with Gasteiger partial charge in [0.2, 0.25) is 0 Å². The number of nitriles is 1. The van der Waals surface area contributed by atoms with Crippen LogP contribution in [0.15, 0.2) is 42.5 Å². The number of benzene rings is 2. The van der Waals surface area contributed by atoms with Gasteiger partial charge in [-0.15, -0.1) is 0 Å². The highest BCUT2D eigenvalue weighted by Crippen LogP contribution is 2.25. The summed E-state index contributed by atoms with van der Waals surface area (Å²) in [5, 5.41) is 14.1. The normalized spacial score (nSPS) is 10.5. The molecule has 0 aliphatic heterocycles. The second-order valence-electron chi connectivity index (χ2n) is 6.52. The first-order valence-electron chi connectivity index (χ1n) is 8.56. The molecule has 0 saturated carbocycles. The van der Waals surface area contributed by atoms with E-state index in [1.165, 1.54) is 0 Å². The minimum Gasteiger partial charge on any atom is -0.489 e. The highest BCUT2D eigenvalue weighted by Gasteiger charge is 2.14. The van der Waals surface area contributed by atoms with Gasteiger partial charge in [0, 0.05) is 37.1 Å². The zero-order chi connectivity index (χ0) is 19.6. The SMILES string of the molecule is Cc1nn(-c2ccc(C#N)c(Cl)c2)c(C)c1COc1cccc(N(C)C)c1. The van der Waals surface area contributed by atoms with Crippen molar-refractivity contribution >= 4 is 17.3 Å². The summed E-state index contributed by atoms with van der Waals surface area (Å²) in [7, 11) is 4.00. The molecule has 5 nitrogen and oxygen atoms in total. The van der Waals surface area contributed by atoms with Crippen molar-refractivity contribution in [2.24, 2.45) is 0 Å². The number of aryl methyl sites for hydroxylation is 1. The Balaban J connectivity index is 1.85. The van der Waals surface area contributed by atoms with Gasteiger partial charge < -0.3 is 9.64 Å². The summed E-state index contributed by atoms with van der Waals surface area (Å²) in [6, 6.07) is 15.3. The maximum atomic E-state index is 9.04. The van der Waals surface area contributed by atoms with Crippen LogP contribution in [-0.2, 0) is 6.61 Å². The van der Waals surface area contributed by atoms with Crippen LogP contribution in [0.3, 0.4) is 0 Å². The summed E-state index contributed by atoms with van der Waals surface area (Å²) in [5.41, 5.74) is 5.27. The lowest BCUT2D eigenvalue weighted by molar-refractivity contribution is 0.304. The quantitative estimate of drug-likeness (QED) is 0.646. The molecule has 0 fully saturated rings. The van der Waals surface area contributed by atoms with Crippen molar-refractivity contribution in [1.29, 1.82) is 5.26 Å². The number of hydrogen-bond donors (Lipinski definition) is 0. The second kappa shape index (κ2) is 7.73. The zero-order valence-electron chi connectivity index (χ0n) is 15.8. The fourth-order valence-corrected chi connectivity index (χ4v) is 3.09.